The van der Waals surface area contributed by atoms with E-state index < -0.39 is 11.9 Å². The highest BCUT2D eigenvalue weighted by molar-refractivity contribution is 6.30. The number of hydrogen-bond donors (Lipinski definition) is 1. The molecule has 0 aliphatic heterocycles. The van der Waals surface area contributed by atoms with Crippen molar-refractivity contribution in [3.63, 3.8) is 0 Å². The Bertz CT molecular complexity index is 394. The van der Waals surface area contributed by atoms with Gasteiger partial charge in [-0.3, -0.25) is 4.79 Å². The van der Waals surface area contributed by atoms with Gasteiger partial charge in [0.25, 0.3) is 0 Å². The van der Waals surface area contributed by atoms with Crippen molar-refractivity contribution in [3.8, 4) is 6.07 Å². The lowest BCUT2D eigenvalue weighted by molar-refractivity contribution is -0.140. The van der Waals surface area contributed by atoms with Crippen molar-refractivity contribution in [1.29, 1.82) is 5.26 Å². The lowest BCUT2D eigenvalue weighted by Gasteiger charge is -2.13. The molecule has 0 bridgehead atoms. The van der Waals surface area contributed by atoms with Gasteiger partial charge >= 0.3 is 5.97 Å². The average Bonchev–Trinajstić information content (AvgIpc) is 2.19. The van der Waals surface area contributed by atoms with Crippen LogP contribution in [0.1, 0.15) is 18.4 Å². The van der Waals surface area contributed by atoms with Crippen molar-refractivity contribution >= 4 is 17.6 Å². The molecule has 1 aromatic carbocycles. The zero-order valence-electron chi connectivity index (χ0n) is 8.14. The molecule has 1 rings (SSSR count). The maximum atomic E-state index is 10.8. The lowest BCUT2D eigenvalue weighted by Crippen LogP contribution is -2.18. The highest BCUT2D eigenvalue weighted by Gasteiger charge is 2.25. The predicted octanol–water partition coefficient (Wildman–Crippen LogP) is 2.67. The molecule has 0 aliphatic rings. The maximum absolute atomic E-state index is 10.8. The molecule has 0 amide bonds. The summed E-state index contributed by atoms with van der Waals surface area (Å²) in [7, 11) is 0. The Morgan fingerprint density at radius 2 is 2.00 bits per heavy atom. The molecular formula is C11H10ClNO2. The van der Waals surface area contributed by atoms with E-state index in [1.807, 2.05) is 0 Å². The van der Waals surface area contributed by atoms with Gasteiger partial charge in [-0.2, -0.15) is 5.26 Å². The van der Waals surface area contributed by atoms with Crippen LogP contribution in [0.5, 0.6) is 0 Å². The molecule has 0 radical (unpaired) electrons. The van der Waals surface area contributed by atoms with Crippen molar-refractivity contribution in [2.75, 3.05) is 0 Å². The smallest absolute Gasteiger partial charge is 0.321 e. The average molecular weight is 224 g/mol. The second kappa shape index (κ2) is 4.81. The Kier molecular flexibility index (Phi) is 3.70. The van der Waals surface area contributed by atoms with Crippen molar-refractivity contribution in [2.45, 2.75) is 12.8 Å². The Morgan fingerprint density at radius 3 is 2.40 bits per heavy atom. The van der Waals surface area contributed by atoms with Crippen LogP contribution in [0.4, 0.5) is 0 Å². The van der Waals surface area contributed by atoms with Gasteiger partial charge in [0.05, 0.1) is 6.07 Å². The number of rotatable bonds is 3. The van der Waals surface area contributed by atoms with E-state index in [1.165, 1.54) is 0 Å². The summed E-state index contributed by atoms with van der Waals surface area (Å²) < 4.78 is 0. The molecule has 2 unspecified atom stereocenters. The van der Waals surface area contributed by atoms with Crippen LogP contribution in [0, 0.1) is 17.2 Å². The fraction of sp³-hybridized carbons (Fsp3) is 0.273. The SMILES string of the molecule is CC(c1ccc(Cl)cc1)C(C#N)C(=O)O. The minimum atomic E-state index is -1.10. The Morgan fingerprint density at radius 1 is 1.47 bits per heavy atom. The third-order valence-corrected chi connectivity index (χ3v) is 2.55. The fourth-order valence-electron chi connectivity index (χ4n) is 1.34. The van der Waals surface area contributed by atoms with Crippen LogP contribution >= 0.6 is 11.6 Å². The minimum absolute atomic E-state index is 0.343. The zero-order chi connectivity index (χ0) is 11.4. The van der Waals surface area contributed by atoms with Gasteiger partial charge < -0.3 is 5.11 Å². The number of carboxylic acid groups (broad SMARTS) is 1. The van der Waals surface area contributed by atoms with Crippen LogP contribution in [0.25, 0.3) is 0 Å². The van der Waals surface area contributed by atoms with Crippen molar-refractivity contribution in [2.24, 2.45) is 5.92 Å². The third-order valence-electron chi connectivity index (χ3n) is 2.30. The molecule has 0 saturated carbocycles. The topological polar surface area (TPSA) is 61.1 Å². The Labute approximate surface area is 92.9 Å². The number of nitrogens with zero attached hydrogens (tertiary/aromatic N) is 1. The Hall–Kier alpha value is -1.53. The summed E-state index contributed by atoms with van der Waals surface area (Å²) in [5, 5.41) is 18.1. The van der Waals surface area contributed by atoms with Crippen LogP contribution in [-0.4, -0.2) is 11.1 Å². The molecule has 78 valence electrons. The summed E-state index contributed by atoms with van der Waals surface area (Å²) in [6.45, 7) is 1.71. The molecule has 3 nitrogen and oxygen atoms in total. The number of aliphatic carboxylic acids is 1. The van der Waals surface area contributed by atoms with E-state index in [-0.39, 0.29) is 5.92 Å². The summed E-state index contributed by atoms with van der Waals surface area (Å²) >= 11 is 5.71. The number of hydrogen-bond acceptors (Lipinski definition) is 2. The van der Waals surface area contributed by atoms with Crippen LogP contribution in [0.2, 0.25) is 5.02 Å². The molecule has 1 aromatic rings. The van der Waals surface area contributed by atoms with Crippen molar-refractivity contribution in [3.05, 3.63) is 34.9 Å². The minimum Gasteiger partial charge on any atom is -0.480 e. The first-order valence-corrected chi connectivity index (χ1v) is 4.82. The number of halogens is 1. The first kappa shape index (κ1) is 11.5. The fourth-order valence-corrected chi connectivity index (χ4v) is 1.47. The summed E-state index contributed by atoms with van der Waals surface area (Å²) in [4.78, 5) is 10.8. The largest absolute Gasteiger partial charge is 0.480 e. The summed E-state index contributed by atoms with van der Waals surface area (Å²) in [5.74, 6) is -2.46. The molecule has 0 heterocycles. The second-order valence-corrected chi connectivity index (χ2v) is 3.72. The first-order valence-electron chi connectivity index (χ1n) is 4.44. The quantitative estimate of drug-likeness (QED) is 0.857. The van der Waals surface area contributed by atoms with Gasteiger partial charge in [-0.15, -0.1) is 0 Å². The molecule has 0 aromatic heterocycles. The van der Waals surface area contributed by atoms with Crippen LogP contribution in [-0.2, 0) is 4.79 Å². The molecular weight excluding hydrogens is 214 g/mol. The van der Waals surface area contributed by atoms with Gasteiger partial charge in [0, 0.05) is 10.9 Å². The van der Waals surface area contributed by atoms with E-state index in [0.29, 0.717) is 5.02 Å². The summed E-state index contributed by atoms with van der Waals surface area (Å²) in [6.07, 6.45) is 0. The summed E-state index contributed by atoms with van der Waals surface area (Å²) in [6, 6.07) is 8.62. The molecule has 1 N–H and O–H groups in total. The van der Waals surface area contributed by atoms with Gasteiger partial charge in [0.2, 0.25) is 0 Å². The van der Waals surface area contributed by atoms with Gasteiger partial charge in [-0.05, 0) is 17.7 Å². The highest BCUT2D eigenvalue weighted by atomic mass is 35.5. The molecule has 0 fully saturated rings. The van der Waals surface area contributed by atoms with E-state index >= 15 is 0 Å². The van der Waals surface area contributed by atoms with Gasteiger partial charge in [-0.1, -0.05) is 30.7 Å². The van der Waals surface area contributed by atoms with Crippen LogP contribution in [0.15, 0.2) is 24.3 Å². The zero-order valence-corrected chi connectivity index (χ0v) is 8.90. The number of benzene rings is 1. The molecule has 0 saturated heterocycles. The van der Waals surface area contributed by atoms with Gasteiger partial charge in [-0.25, -0.2) is 0 Å². The van der Waals surface area contributed by atoms with E-state index in [2.05, 4.69) is 0 Å². The third kappa shape index (κ3) is 2.71. The van der Waals surface area contributed by atoms with E-state index in [9.17, 15) is 4.79 Å². The molecule has 0 spiro atoms. The van der Waals surface area contributed by atoms with Crippen LogP contribution < -0.4 is 0 Å². The predicted molar refractivity (Wildman–Crippen MR) is 56.6 cm³/mol. The van der Waals surface area contributed by atoms with E-state index in [4.69, 9.17) is 22.0 Å². The summed E-state index contributed by atoms with van der Waals surface area (Å²) in [5.41, 5.74) is 0.799. The van der Waals surface area contributed by atoms with Gasteiger partial charge in [0.1, 0.15) is 5.92 Å². The standard InChI is InChI=1S/C11H10ClNO2/c1-7(10(6-13)11(14)15)8-2-4-9(12)5-3-8/h2-5,7,10H,1H3,(H,14,15). The Balaban J connectivity index is 2.93. The maximum Gasteiger partial charge on any atom is 0.321 e. The number of carbonyl (C=O) groups is 1. The molecule has 2 atom stereocenters. The molecule has 4 heteroatoms. The lowest BCUT2D eigenvalue weighted by atomic mass is 9.89. The van der Waals surface area contributed by atoms with Crippen molar-refractivity contribution < 1.29 is 9.90 Å². The second-order valence-electron chi connectivity index (χ2n) is 3.29. The highest BCUT2D eigenvalue weighted by Crippen LogP contribution is 2.25. The molecule has 0 aliphatic carbocycles. The first-order chi connectivity index (χ1) is 7.06. The van der Waals surface area contributed by atoms with E-state index in [0.717, 1.165) is 5.56 Å². The number of carboxylic acids is 1. The van der Waals surface area contributed by atoms with Crippen LogP contribution in [0.3, 0.4) is 0 Å². The van der Waals surface area contributed by atoms with Crippen molar-refractivity contribution in [1.82, 2.24) is 0 Å². The van der Waals surface area contributed by atoms with Gasteiger partial charge in [0.15, 0.2) is 0 Å². The van der Waals surface area contributed by atoms with E-state index in [1.54, 1.807) is 37.3 Å². The molecule has 15 heavy (non-hydrogen) atoms. The normalized spacial score (nSPS) is 13.9. The number of nitriles is 1. The monoisotopic (exact) mass is 223 g/mol.